The molecule has 134 valence electrons. The van der Waals surface area contributed by atoms with Gasteiger partial charge >= 0.3 is 0 Å². The van der Waals surface area contributed by atoms with Crippen LogP contribution in [0.3, 0.4) is 0 Å². The predicted molar refractivity (Wildman–Crippen MR) is 102 cm³/mol. The quantitative estimate of drug-likeness (QED) is 0.800. The highest BCUT2D eigenvalue weighted by atomic mass is 35.5. The molecule has 2 rings (SSSR count). The van der Waals surface area contributed by atoms with Gasteiger partial charge in [-0.2, -0.15) is 11.8 Å². The highest BCUT2D eigenvalue weighted by molar-refractivity contribution is 7.98. The van der Waals surface area contributed by atoms with Crippen molar-refractivity contribution in [2.24, 2.45) is 5.73 Å². The van der Waals surface area contributed by atoms with Gasteiger partial charge in [-0.3, -0.25) is 9.59 Å². The number of likely N-dealkylation sites (tertiary alicyclic amines) is 1. The Morgan fingerprint density at radius 1 is 1.38 bits per heavy atom. The van der Waals surface area contributed by atoms with Gasteiger partial charge in [-0.15, -0.1) is 12.4 Å². The van der Waals surface area contributed by atoms with Crippen molar-refractivity contribution >= 4 is 36.0 Å². The van der Waals surface area contributed by atoms with E-state index in [9.17, 15) is 9.59 Å². The third-order valence-electron chi connectivity index (χ3n) is 4.02. The SMILES string of the molecule is CSCCC(NC(=O)c1ccccc1)C(=O)N1CCCC(N)C1.Cl. The molecule has 0 aliphatic carbocycles. The van der Waals surface area contributed by atoms with Gasteiger partial charge in [0.25, 0.3) is 5.91 Å². The molecule has 2 unspecified atom stereocenters. The van der Waals surface area contributed by atoms with E-state index in [0.717, 1.165) is 25.1 Å². The van der Waals surface area contributed by atoms with Gasteiger partial charge < -0.3 is 16.0 Å². The summed E-state index contributed by atoms with van der Waals surface area (Å²) in [6.45, 7) is 1.30. The van der Waals surface area contributed by atoms with Crippen LogP contribution >= 0.6 is 24.2 Å². The Labute approximate surface area is 154 Å². The summed E-state index contributed by atoms with van der Waals surface area (Å²) in [5, 5.41) is 2.90. The molecule has 3 N–H and O–H groups in total. The fourth-order valence-electron chi connectivity index (χ4n) is 2.75. The molecule has 7 heteroatoms. The predicted octanol–water partition coefficient (Wildman–Crippen LogP) is 1.91. The average Bonchev–Trinajstić information content (AvgIpc) is 2.58. The monoisotopic (exact) mass is 371 g/mol. The number of nitrogens with zero attached hydrogens (tertiary/aromatic N) is 1. The van der Waals surface area contributed by atoms with Gasteiger partial charge in [-0.05, 0) is 43.4 Å². The largest absolute Gasteiger partial charge is 0.340 e. The Hall–Kier alpha value is -1.24. The van der Waals surface area contributed by atoms with Gasteiger partial charge in [-0.1, -0.05) is 18.2 Å². The number of benzene rings is 1. The maximum atomic E-state index is 12.8. The van der Waals surface area contributed by atoms with Crippen molar-refractivity contribution in [3.63, 3.8) is 0 Å². The number of nitrogens with one attached hydrogen (secondary N) is 1. The maximum Gasteiger partial charge on any atom is 0.251 e. The van der Waals surface area contributed by atoms with Crippen LogP contribution in [0.2, 0.25) is 0 Å². The van der Waals surface area contributed by atoms with Crippen molar-refractivity contribution < 1.29 is 9.59 Å². The molecule has 0 spiro atoms. The van der Waals surface area contributed by atoms with Crippen molar-refractivity contribution in [3.8, 4) is 0 Å². The molecule has 1 fully saturated rings. The third kappa shape index (κ3) is 6.00. The van der Waals surface area contributed by atoms with E-state index in [1.165, 1.54) is 0 Å². The number of carbonyl (C=O) groups excluding carboxylic acids is 2. The Morgan fingerprint density at radius 2 is 2.08 bits per heavy atom. The number of hydrogen-bond acceptors (Lipinski definition) is 4. The van der Waals surface area contributed by atoms with Crippen molar-refractivity contribution in [1.29, 1.82) is 0 Å². The summed E-state index contributed by atoms with van der Waals surface area (Å²) in [4.78, 5) is 26.9. The van der Waals surface area contributed by atoms with Gasteiger partial charge in [0, 0.05) is 24.7 Å². The van der Waals surface area contributed by atoms with E-state index in [1.807, 2.05) is 24.5 Å². The molecule has 2 amide bonds. The van der Waals surface area contributed by atoms with Crippen LogP contribution in [0.1, 0.15) is 29.6 Å². The van der Waals surface area contributed by atoms with Crippen molar-refractivity contribution in [3.05, 3.63) is 35.9 Å². The Bertz CT molecular complexity index is 530. The second kappa shape index (κ2) is 10.6. The molecule has 5 nitrogen and oxygen atoms in total. The van der Waals surface area contributed by atoms with Crippen LogP contribution in [0, 0.1) is 0 Å². The van der Waals surface area contributed by atoms with Gasteiger partial charge in [0.15, 0.2) is 0 Å². The van der Waals surface area contributed by atoms with Gasteiger partial charge in [0.05, 0.1) is 0 Å². The number of nitrogens with two attached hydrogens (primary N) is 1. The first-order valence-corrected chi connectivity index (χ1v) is 9.40. The zero-order chi connectivity index (χ0) is 16.7. The molecule has 1 aliphatic rings. The Morgan fingerprint density at radius 3 is 2.71 bits per heavy atom. The van der Waals surface area contributed by atoms with Crippen molar-refractivity contribution in [1.82, 2.24) is 10.2 Å². The first-order valence-electron chi connectivity index (χ1n) is 8.01. The summed E-state index contributed by atoms with van der Waals surface area (Å²) in [6.07, 6.45) is 4.51. The van der Waals surface area contributed by atoms with Crippen molar-refractivity contribution in [2.75, 3.05) is 25.1 Å². The fourth-order valence-corrected chi connectivity index (χ4v) is 3.23. The highest BCUT2D eigenvalue weighted by Crippen LogP contribution is 2.12. The second-order valence-electron chi connectivity index (χ2n) is 5.86. The van der Waals surface area contributed by atoms with E-state index in [1.54, 1.807) is 28.8 Å². The lowest BCUT2D eigenvalue weighted by molar-refractivity contribution is -0.134. The lowest BCUT2D eigenvalue weighted by Crippen LogP contribution is -2.53. The number of thioether (sulfide) groups is 1. The number of halogens is 1. The molecule has 0 saturated carbocycles. The number of carbonyl (C=O) groups is 2. The molecular weight excluding hydrogens is 346 g/mol. The van der Waals surface area contributed by atoms with Gasteiger partial charge in [-0.25, -0.2) is 0 Å². The number of piperidine rings is 1. The van der Waals surface area contributed by atoms with E-state index < -0.39 is 6.04 Å². The molecular formula is C17H26ClN3O2S. The van der Waals surface area contributed by atoms with Crippen LogP contribution in [-0.4, -0.2) is 53.9 Å². The molecule has 24 heavy (non-hydrogen) atoms. The fraction of sp³-hybridized carbons (Fsp3) is 0.529. The van der Waals surface area contributed by atoms with E-state index in [4.69, 9.17) is 5.73 Å². The molecule has 1 aromatic carbocycles. The maximum absolute atomic E-state index is 12.8. The Kier molecular flexibility index (Phi) is 9.18. The zero-order valence-electron chi connectivity index (χ0n) is 13.9. The molecule has 0 radical (unpaired) electrons. The molecule has 0 aromatic heterocycles. The Balaban J connectivity index is 0.00000288. The van der Waals surface area contributed by atoms with E-state index in [-0.39, 0.29) is 30.3 Å². The third-order valence-corrected chi connectivity index (χ3v) is 4.66. The number of hydrogen-bond donors (Lipinski definition) is 2. The molecule has 1 saturated heterocycles. The van der Waals surface area contributed by atoms with E-state index in [0.29, 0.717) is 18.5 Å². The molecule has 1 aliphatic heterocycles. The van der Waals surface area contributed by atoms with Gasteiger partial charge in [0.2, 0.25) is 5.91 Å². The van der Waals surface area contributed by atoms with Crippen LogP contribution in [0.5, 0.6) is 0 Å². The molecule has 1 aromatic rings. The van der Waals surface area contributed by atoms with Crippen LogP contribution in [-0.2, 0) is 4.79 Å². The van der Waals surface area contributed by atoms with Crippen LogP contribution in [0.4, 0.5) is 0 Å². The summed E-state index contributed by atoms with van der Waals surface area (Å²) in [7, 11) is 0. The zero-order valence-corrected chi connectivity index (χ0v) is 15.6. The molecule has 0 bridgehead atoms. The summed E-state index contributed by atoms with van der Waals surface area (Å²) in [6, 6.07) is 8.56. The number of rotatable bonds is 6. The first kappa shape index (κ1) is 20.8. The highest BCUT2D eigenvalue weighted by Gasteiger charge is 2.28. The lowest BCUT2D eigenvalue weighted by atomic mass is 10.0. The minimum absolute atomic E-state index is 0. The molecule has 2 atom stereocenters. The standard InChI is InChI=1S/C17H25N3O2S.ClH/c1-23-11-9-15(17(22)20-10-5-8-14(18)12-20)19-16(21)13-6-3-2-4-7-13;/h2-4,6-7,14-15H,5,8-12,18H2,1H3,(H,19,21);1H. The summed E-state index contributed by atoms with van der Waals surface area (Å²) >= 11 is 1.67. The topological polar surface area (TPSA) is 75.4 Å². The smallest absolute Gasteiger partial charge is 0.251 e. The number of amides is 2. The van der Waals surface area contributed by atoms with Gasteiger partial charge in [0.1, 0.15) is 6.04 Å². The minimum atomic E-state index is -0.486. The van der Waals surface area contributed by atoms with E-state index in [2.05, 4.69) is 5.32 Å². The van der Waals surface area contributed by atoms with Crippen LogP contribution < -0.4 is 11.1 Å². The normalized spacial score (nSPS) is 18.4. The molecule has 1 heterocycles. The van der Waals surface area contributed by atoms with Crippen molar-refractivity contribution in [2.45, 2.75) is 31.3 Å². The second-order valence-corrected chi connectivity index (χ2v) is 6.85. The summed E-state index contributed by atoms with van der Waals surface area (Å²) in [5.41, 5.74) is 6.54. The average molecular weight is 372 g/mol. The van der Waals surface area contributed by atoms with E-state index >= 15 is 0 Å². The van der Waals surface area contributed by atoms with Crippen LogP contribution in [0.15, 0.2) is 30.3 Å². The minimum Gasteiger partial charge on any atom is -0.340 e. The first-order chi connectivity index (χ1) is 11.1. The van der Waals surface area contributed by atoms with Crippen LogP contribution in [0.25, 0.3) is 0 Å². The summed E-state index contributed by atoms with van der Waals surface area (Å²) < 4.78 is 0. The lowest BCUT2D eigenvalue weighted by Gasteiger charge is -2.33. The summed E-state index contributed by atoms with van der Waals surface area (Å²) in [5.74, 6) is 0.607.